The number of carbonyl (C=O) groups excluding carboxylic acids is 2. The van der Waals surface area contributed by atoms with Gasteiger partial charge in [0.2, 0.25) is 5.78 Å². The third-order valence-corrected chi connectivity index (χ3v) is 0.791. The summed E-state index contributed by atoms with van der Waals surface area (Å²) in [5.41, 5.74) is 0. The number of rotatable bonds is 2. The quantitative estimate of drug-likeness (QED) is 0.318. The summed E-state index contributed by atoms with van der Waals surface area (Å²) in [6, 6.07) is 0. The third-order valence-electron chi connectivity index (χ3n) is 0.791. The van der Waals surface area contributed by atoms with Crippen LogP contribution in [0.1, 0.15) is 6.92 Å². The number of aliphatic hydroxyl groups excluding tert-OH is 1. The number of hydrogen-bond donors (Lipinski definition) is 2. The van der Waals surface area contributed by atoms with Gasteiger partial charge in [-0.15, -0.1) is 0 Å². The first-order valence-corrected chi connectivity index (χ1v) is 2.71. The topological polar surface area (TPSA) is 66.4 Å². The van der Waals surface area contributed by atoms with E-state index in [0.29, 0.717) is 0 Å². The molecule has 0 spiro atoms. The number of amides is 1. The van der Waals surface area contributed by atoms with Crippen LogP contribution in [0, 0.1) is 0 Å². The molecule has 0 heterocycles. The predicted octanol–water partition coefficient (Wildman–Crippen LogP) is -0.237. The second-order valence-electron chi connectivity index (χ2n) is 1.73. The van der Waals surface area contributed by atoms with Crippen LogP contribution in [0.2, 0.25) is 0 Å². The van der Waals surface area contributed by atoms with Crippen molar-refractivity contribution in [3.05, 3.63) is 11.8 Å². The van der Waals surface area contributed by atoms with Crippen LogP contribution >= 0.6 is 0 Å². The molecule has 0 bridgehead atoms. The van der Waals surface area contributed by atoms with Crippen LogP contribution in [-0.2, 0) is 9.59 Å². The zero-order valence-electron chi connectivity index (χ0n) is 5.84. The van der Waals surface area contributed by atoms with Crippen molar-refractivity contribution in [3.63, 3.8) is 0 Å². The summed E-state index contributed by atoms with van der Waals surface area (Å²) >= 11 is 0. The van der Waals surface area contributed by atoms with Crippen molar-refractivity contribution >= 4 is 11.7 Å². The van der Waals surface area contributed by atoms with E-state index in [1.54, 1.807) is 0 Å². The first-order valence-electron chi connectivity index (χ1n) is 2.71. The van der Waals surface area contributed by atoms with Gasteiger partial charge in [-0.3, -0.25) is 9.59 Å². The Morgan fingerprint density at radius 3 is 2.30 bits per heavy atom. The average Bonchev–Trinajstić information content (AvgIpc) is 1.85. The molecule has 0 radical (unpaired) electrons. The van der Waals surface area contributed by atoms with Crippen LogP contribution in [0.4, 0.5) is 0 Å². The molecule has 0 unspecified atom stereocenters. The molecule has 0 saturated heterocycles. The maximum Gasteiger partial charge on any atom is 0.291 e. The third kappa shape index (κ3) is 2.86. The van der Waals surface area contributed by atoms with Gasteiger partial charge in [-0.05, 0) is 6.92 Å². The number of nitrogens with one attached hydrogen (secondary N) is 1. The van der Waals surface area contributed by atoms with Crippen LogP contribution in [0.5, 0.6) is 0 Å². The van der Waals surface area contributed by atoms with Crippen molar-refractivity contribution in [3.8, 4) is 0 Å². The Morgan fingerprint density at radius 2 is 2.00 bits per heavy atom. The second-order valence-corrected chi connectivity index (χ2v) is 1.73. The summed E-state index contributed by atoms with van der Waals surface area (Å²) in [6.45, 7) is 1.32. The van der Waals surface area contributed by atoms with Crippen molar-refractivity contribution in [2.75, 3.05) is 7.05 Å². The van der Waals surface area contributed by atoms with Gasteiger partial charge >= 0.3 is 0 Å². The van der Waals surface area contributed by atoms with Gasteiger partial charge < -0.3 is 10.4 Å². The number of allylic oxidation sites excluding steroid dienone is 1. The Bertz CT molecular complexity index is 179. The number of aliphatic hydroxyl groups is 1. The standard InChI is InChI=1S/C6H9NO3/c1-4(8)3-5(9)6(10)7-2/h3,8H,1-2H3,(H,7,10)/b4-3-. The highest BCUT2D eigenvalue weighted by Gasteiger charge is 2.06. The summed E-state index contributed by atoms with van der Waals surface area (Å²) < 4.78 is 0. The highest BCUT2D eigenvalue weighted by molar-refractivity contribution is 6.40. The summed E-state index contributed by atoms with van der Waals surface area (Å²) in [7, 11) is 1.35. The molecule has 0 saturated carbocycles. The van der Waals surface area contributed by atoms with Crippen molar-refractivity contribution in [2.45, 2.75) is 6.92 Å². The van der Waals surface area contributed by atoms with Gasteiger partial charge in [0.15, 0.2) is 0 Å². The Labute approximate surface area is 58.5 Å². The van der Waals surface area contributed by atoms with Gasteiger partial charge in [-0.25, -0.2) is 0 Å². The zero-order valence-corrected chi connectivity index (χ0v) is 5.84. The molecule has 0 aliphatic carbocycles. The van der Waals surface area contributed by atoms with Gasteiger partial charge in [0.25, 0.3) is 5.91 Å². The molecule has 0 rings (SSSR count). The van der Waals surface area contributed by atoms with E-state index in [4.69, 9.17) is 5.11 Å². The van der Waals surface area contributed by atoms with Crippen LogP contribution in [0.15, 0.2) is 11.8 Å². The maximum atomic E-state index is 10.5. The molecule has 0 aliphatic heterocycles. The van der Waals surface area contributed by atoms with E-state index in [0.717, 1.165) is 6.08 Å². The minimum atomic E-state index is -0.748. The molecular formula is C6H9NO3. The van der Waals surface area contributed by atoms with Crippen LogP contribution in [0.3, 0.4) is 0 Å². The van der Waals surface area contributed by atoms with Crippen LogP contribution in [-0.4, -0.2) is 23.8 Å². The van der Waals surface area contributed by atoms with Gasteiger partial charge in [-0.2, -0.15) is 0 Å². The van der Waals surface area contributed by atoms with Crippen LogP contribution in [0.25, 0.3) is 0 Å². The van der Waals surface area contributed by atoms with Crippen LogP contribution < -0.4 is 5.32 Å². The first-order chi connectivity index (χ1) is 4.57. The van der Waals surface area contributed by atoms with Gasteiger partial charge in [0.1, 0.15) is 0 Å². The lowest BCUT2D eigenvalue weighted by Crippen LogP contribution is -2.25. The van der Waals surface area contributed by atoms with E-state index in [2.05, 4.69) is 5.32 Å². The SMILES string of the molecule is CNC(=O)C(=O)/C=C(/C)O. The fourth-order valence-corrected chi connectivity index (χ4v) is 0.378. The lowest BCUT2D eigenvalue weighted by atomic mass is 10.3. The molecule has 2 N–H and O–H groups in total. The maximum absolute atomic E-state index is 10.5. The lowest BCUT2D eigenvalue weighted by Gasteiger charge is -1.91. The fourth-order valence-electron chi connectivity index (χ4n) is 0.378. The minimum Gasteiger partial charge on any atom is -0.512 e. The normalized spacial score (nSPS) is 10.8. The summed E-state index contributed by atoms with van der Waals surface area (Å²) in [5, 5.41) is 10.7. The van der Waals surface area contributed by atoms with E-state index in [-0.39, 0.29) is 5.76 Å². The molecule has 56 valence electrons. The Kier molecular flexibility index (Phi) is 3.17. The molecule has 1 amide bonds. The van der Waals surface area contributed by atoms with Gasteiger partial charge in [-0.1, -0.05) is 0 Å². The van der Waals surface area contributed by atoms with E-state index >= 15 is 0 Å². The van der Waals surface area contributed by atoms with Crippen molar-refractivity contribution in [1.82, 2.24) is 5.32 Å². The Hall–Kier alpha value is -1.32. The molecular weight excluding hydrogens is 134 g/mol. The average molecular weight is 143 g/mol. The van der Waals surface area contributed by atoms with Gasteiger partial charge in [0.05, 0.1) is 5.76 Å². The largest absolute Gasteiger partial charge is 0.512 e. The predicted molar refractivity (Wildman–Crippen MR) is 35.5 cm³/mol. The summed E-state index contributed by atoms with van der Waals surface area (Å²) in [5.74, 6) is -1.65. The number of carbonyl (C=O) groups is 2. The minimum absolute atomic E-state index is 0.173. The highest BCUT2D eigenvalue weighted by atomic mass is 16.3. The molecule has 10 heavy (non-hydrogen) atoms. The zero-order chi connectivity index (χ0) is 8.15. The summed E-state index contributed by atoms with van der Waals surface area (Å²) in [6.07, 6.45) is 0.860. The monoisotopic (exact) mass is 143 g/mol. The van der Waals surface area contributed by atoms with Gasteiger partial charge in [0, 0.05) is 13.1 Å². The first kappa shape index (κ1) is 8.68. The Morgan fingerprint density at radius 1 is 1.50 bits per heavy atom. The summed E-state index contributed by atoms with van der Waals surface area (Å²) in [4.78, 5) is 21.0. The van der Waals surface area contributed by atoms with E-state index in [1.165, 1.54) is 14.0 Å². The number of ketones is 1. The van der Waals surface area contributed by atoms with Crippen molar-refractivity contribution in [2.24, 2.45) is 0 Å². The van der Waals surface area contributed by atoms with E-state index < -0.39 is 11.7 Å². The Balaban J connectivity index is 4.11. The van der Waals surface area contributed by atoms with E-state index in [9.17, 15) is 9.59 Å². The highest BCUT2D eigenvalue weighted by Crippen LogP contribution is 1.84. The fraction of sp³-hybridized carbons (Fsp3) is 0.333. The number of likely N-dealkylation sites (N-methyl/N-ethyl adjacent to an activating group) is 1. The molecule has 0 aromatic rings. The van der Waals surface area contributed by atoms with Crippen molar-refractivity contribution < 1.29 is 14.7 Å². The smallest absolute Gasteiger partial charge is 0.291 e. The molecule has 4 heteroatoms. The van der Waals surface area contributed by atoms with E-state index in [1.807, 2.05) is 0 Å². The molecule has 0 aromatic carbocycles. The molecule has 0 atom stereocenters. The molecule has 4 nitrogen and oxygen atoms in total. The second kappa shape index (κ2) is 3.66. The lowest BCUT2D eigenvalue weighted by molar-refractivity contribution is -0.134. The molecule has 0 aromatic heterocycles. The van der Waals surface area contributed by atoms with Crippen molar-refractivity contribution in [1.29, 1.82) is 0 Å². The number of hydrogen-bond acceptors (Lipinski definition) is 3. The molecule has 0 fully saturated rings. The molecule has 0 aliphatic rings.